The highest BCUT2D eigenvalue weighted by Crippen LogP contribution is 2.26. The van der Waals surface area contributed by atoms with Gasteiger partial charge < -0.3 is 9.72 Å². The second-order valence-electron chi connectivity index (χ2n) is 6.01. The summed E-state index contributed by atoms with van der Waals surface area (Å²) in [5, 5.41) is 0.885. The zero-order valence-corrected chi connectivity index (χ0v) is 16.4. The molecule has 0 aliphatic heterocycles. The molecule has 0 fully saturated rings. The molecule has 8 heteroatoms. The summed E-state index contributed by atoms with van der Waals surface area (Å²) in [6, 6.07) is 8.88. The monoisotopic (exact) mass is 392 g/mol. The van der Waals surface area contributed by atoms with E-state index in [0.29, 0.717) is 23.3 Å². The Morgan fingerprint density at radius 1 is 1.19 bits per heavy atom. The molecule has 0 amide bonds. The van der Waals surface area contributed by atoms with E-state index in [-0.39, 0.29) is 16.3 Å². The molecular formula is C18H20N2O4S2. The third-order valence-corrected chi connectivity index (χ3v) is 7.11. The zero-order chi connectivity index (χ0) is 18.9. The van der Waals surface area contributed by atoms with Gasteiger partial charge in [0.1, 0.15) is 9.96 Å². The molecule has 2 aromatic heterocycles. The van der Waals surface area contributed by atoms with Crippen LogP contribution in [-0.2, 0) is 16.4 Å². The smallest absolute Gasteiger partial charge is 0.251 e. The number of rotatable bonds is 6. The average molecular weight is 393 g/mol. The minimum absolute atomic E-state index is 0.150. The normalized spacial score (nSPS) is 11.8. The summed E-state index contributed by atoms with van der Waals surface area (Å²) in [7, 11) is -1.99. The fraction of sp³-hybridized carbons (Fsp3) is 0.278. The van der Waals surface area contributed by atoms with Gasteiger partial charge >= 0.3 is 0 Å². The first-order valence-corrected chi connectivity index (χ1v) is 10.4. The van der Waals surface area contributed by atoms with Crippen LogP contribution in [0, 0.1) is 13.8 Å². The molecule has 0 atom stereocenters. The number of nitrogens with one attached hydrogen (secondary N) is 2. The number of methoxy groups -OCH3 is 1. The van der Waals surface area contributed by atoms with Crippen LogP contribution >= 0.6 is 11.3 Å². The number of fused-ring (bicyclic) bond motifs is 1. The standard InChI is InChI=1S/C18H20N2O4S2/c1-11-4-6-15(24-3)17-14(11)10-13(18(21)20-17)8-9-19-26(22,23)16-7-5-12(2)25-16/h4-7,10,19H,8-9H2,1-3H3,(H,20,21). The van der Waals surface area contributed by atoms with Gasteiger partial charge in [-0.15, -0.1) is 11.3 Å². The summed E-state index contributed by atoms with van der Waals surface area (Å²) in [6.45, 7) is 3.96. The SMILES string of the molecule is COc1ccc(C)c2cc(CCNS(=O)(=O)c3ccc(C)s3)c(=O)[nH]c12. The maximum atomic E-state index is 12.4. The lowest BCUT2D eigenvalue weighted by Gasteiger charge is -2.10. The first kappa shape index (κ1) is 18.6. The van der Waals surface area contributed by atoms with Crippen molar-refractivity contribution in [1.29, 1.82) is 0 Å². The maximum Gasteiger partial charge on any atom is 0.251 e. The van der Waals surface area contributed by atoms with Gasteiger partial charge in [0.25, 0.3) is 5.56 Å². The molecule has 0 saturated heterocycles. The predicted octanol–water partition coefficient (Wildman–Crippen LogP) is 2.74. The van der Waals surface area contributed by atoms with Crippen molar-refractivity contribution in [1.82, 2.24) is 9.71 Å². The lowest BCUT2D eigenvalue weighted by atomic mass is 10.1. The summed E-state index contributed by atoms with van der Waals surface area (Å²) in [4.78, 5) is 16.1. The van der Waals surface area contributed by atoms with Crippen LogP contribution in [0.2, 0.25) is 0 Å². The lowest BCUT2D eigenvalue weighted by molar-refractivity contribution is 0.418. The Bertz CT molecular complexity index is 1110. The molecule has 0 aliphatic carbocycles. The Labute approximate surface area is 155 Å². The summed E-state index contributed by atoms with van der Waals surface area (Å²) >= 11 is 1.22. The molecule has 0 saturated carbocycles. The highest BCUT2D eigenvalue weighted by molar-refractivity contribution is 7.91. The van der Waals surface area contributed by atoms with Gasteiger partial charge in [-0.1, -0.05) is 6.07 Å². The second-order valence-corrected chi connectivity index (χ2v) is 9.29. The van der Waals surface area contributed by atoms with Gasteiger partial charge in [-0.2, -0.15) is 0 Å². The fourth-order valence-corrected chi connectivity index (χ4v) is 5.12. The number of ether oxygens (including phenoxy) is 1. The van der Waals surface area contributed by atoms with Crippen LogP contribution in [0.3, 0.4) is 0 Å². The number of aryl methyl sites for hydroxylation is 2. The number of aromatic nitrogens is 1. The third kappa shape index (κ3) is 3.67. The van der Waals surface area contributed by atoms with Crippen molar-refractivity contribution in [3.63, 3.8) is 0 Å². The first-order valence-electron chi connectivity index (χ1n) is 8.07. The zero-order valence-electron chi connectivity index (χ0n) is 14.8. The van der Waals surface area contributed by atoms with E-state index in [1.54, 1.807) is 25.3 Å². The van der Waals surface area contributed by atoms with Crippen molar-refractivity contribution < 1.29 is 13.2 Å². The molecule has 0 unspecified atom stereocenters. The number of sulfonamides is 1. The minimum Gasteiger partial charge on any atom is -0.495 e. The molecule has 0 radical (unpaired) electrons. The van der Waals surface area contributed by atoms with Crippen LogP contribution in [0.1, 0.15) is 16.0 Å². The van der Waals surface area contributed by atoms with Gasteiger partial charge in [-0.3, -0.25) is 4.79 Å². The molecule has 3 aromatic rings. The van der Waals surface area contributed by atoms with Gasteiger partial charge in [0, 0.05) is 22.4 Å². The van der Waals surface area contributed by atoms with Crippen molar-refractivity contribution in [3.8, 4) is 5.75 Å². The molecule has 2 heterocycles. The molecule has 138 valence electrons. The molecule has 6 nitrogen and oxygen atoms in total. The van der Waals surface area contributed by atoms with Crippen LogP contribution in [0.25, 0.3) is 10.9 Å². The highest BCUT2D eigenvalue weighted by atomic mass is 32.2. The van der Waals surface area contributed by atoms with Crippen molar-refractivity contribution >= 4 is 32.3 Å². The molecule has 0 aliphatic rings. The topological polar surface area (TPSA) is 88.3 Å². The van der Waals surface area contributed by atoms with Gasteiger partial charge in [0.2, 0.25) is 10.0 Å². The van der Waals surface area contributed by atoms with Crippen molar-refractivity contribution in [2.75, 3.05) is 13.7 Å². The van der Waals surface area contributed by atoms with Crippen LogP contribution in [0.5, 0.6) is 5.75 Å². The second kappa shape index (κ2) is 7.22. The van der Waals surface area contributed by atoms with E-state index in [4.69, 9.17) is 4.74 Å². The van der Waals surface area contributed by atoms with E-state index >= 15 is 0 Å². The molecule has 0 spiro atoms. The number of thiophene rings is 1. The Balaban J connectivity index is 1.82. The first-order chi connectivity index (χ1) is 12.3. The number of H-pyrrole nitrogens is 1. The molecular weight excluding hydrogens is 372 g/mol. The van der Waals surface area contributed by atoms with E-state index in [9.17, 15) is 13.2 Å². The number of hydrogen-bond acceptors (Lipinski definition) is 5. The number of benzene rings is 1. The van der Waals surface area contributed by atoms with E-state index in [0.717, 1.165) is 15.8 Å². The summed E-state index contributed by atoms with van der Waals surface area (Å²) in [6.07, 6.45) is 0.297. The van der Waals surface area contributed by atoms with Crippen molar-refractivity contribution in [2.45, 2.75) is 24.5 Å². The van der Waals surface area contributed by atoms with Crippen LogP contribution < -0.4 is 15.0 Å². The summed E-state index contributed by atoms with van der Waals surface area (Å²) in [5.41, 5.74) is 1.94. The van der Waals surface area contributed by atoms with E-state index in [1.807, 2.05) is 26.0 Å². The summed E-state index contributed by atoms with van der Waals surface area (Å²) in [5.74, 6) is 0.600. The number of pyridine rings is 1. The number of hydrogen-bond donors (Lipinski definition) is 2. The highest BCUT2D eigenvalue weighted by Gasteiger charge is 2.16. The predicted molar refractivity (Wildman–Crippen MR) is 104 cm³/mol. The molecule has 1 aromatic carbocycles. The van der Waals surface area contributed by atoms with E-state index in [2.05, 4.69) is 9.71 Å². The molecule has 0 bridgehead atoms. The van der Waals surface area contributed by atoms with Crippen LogP contribution in [0.4, 0.5) is 0 Å². The number of aromatic amines is 1. The Morgan fingerprint density at radius 3 is 2.62 bits per heavy atom. The quantitative estimate of drug-likeness (QED) is 0.675. The molecule has 3 rings (SSSR count). The van der Waals surface area contributed by atoms with E-state index < -0.39 is 10.0 Å². The van der Waals surface area contributed by atoms with E-state index in [1.165, 1.54) is 11.3 Å². The lowest BCUT2D eigenvalue weighted by Crippen LogP contribution is -2.27. The van der Waals surface area contributed by atoms with Gasteiger partial charge in [-0.25, -0.2) is 13.1 Å². The fourth-order valence-electron chi connectivity index (χ4n) is 2.76. The van der Waals surface area contributed by atoms with Gasteiger partial charge in [0.05, 0.1) is 12.6 Å². The van der Waals surface area contributed by atoms with Gasteiger partial charge in [0.15, 0.2) is 0 Å². The van der Waals surface area contributed by atoms with Crippen LogP contribution in [0.15, 0.2) is 39.3 Å². The maximum absolute atomic E-state index is 12.4. The minimum atomic E-state index is -3.55. The van der Waals surface area contributed by atoms with Gasteiger partial charge in [-0.05, 0) is 50.1 Å². The Morgan fingerprint density at radius 2 is 1.96 bits per heavy atom. The Hall–Kier alpha value is -2.16. The molecule has 2 N–H and O–H groups in total. The average Bonchev–Trinajstić information content (AvgIpc) is 3.03. The third-order valence-electron chi connectivity index (χ3n) is 4.16. The largest absolute Gasteiger partial charge is 0.495 e. The summed E-state index contributed by atoms with van der Waals surface area (Å²) < 4.78 is 32.7. The van der Waals surface area contributed by atoms with Crippen molar-refractivity contribution in [3.05, 3.63) is 56.7 Å². The van der Waals surface area contributed by atoms with Crippen LogP contribution in [-0.4, -0.2) is 27.1 Å². The molecule has 26 heavy (non-hydrogen) atoms. The Kier molecular flexibility index (Phi) is 5.17. The van der Waals surface area contributed by atoms with Crippen molar-refractivity contribution in [2.24, 2.45) is 0 Å².